The van der Waals surface area contributed by atoms with Crippen LogP contribution < -0.4 is 10.1 Å². The van der Waals surface area contributed by atoms with Gasteiger partial charge in [-0.3, -0.25) is 4.90 Å². The van der Waals surface area contributed by atoms with Crippen molar-refractivity contribution in [3.8, 4) is 5.75 Å². The number of benzene rings is 3. The van der Waals surface area contributed by atoms with E-state index in [-0.39, 0.29) is 0 Å². The molecule has 36 heavy (non-hydrogen) atoms. The average molecular weight is 503 g/mol. The van der Waals surface area contributed by atoms with E-state index in [0.717, 1.165) is 75.3 Å². The summed E-state index contributed by atoms with van der Waals surface area (Å²) in [5.74, 6) is 1.83. The van der Waals surface area contributed by atoms with Gasteiger partial charge in [0.2, 0.25) is 0 Å². The van der Waals surface area contributed by atoms with Crippen molar-refractivity contribution in [2.24, 2.45) is 5.92 Å². The fourth-order valence-electron chi connectivity index (χ4n) is 5.64. The molecule has 1 fully saturated rings. The quantitative estimate of drug-likeness (QED) is 0.360. The summed E-state index contributed by atoms with van der Waals surface area (Å²) >= 11 is 6.04. The Morgan fingerprint density at radius 1 is 0.972 bits per heavy atom. The summed E-state index contributed by atoms with van der Waals surface area (Å²) in [5, 5.41) is 4.38. The highest BCUT2D eigenvalue weighted by Gasteiger charge is 2.20. The highest BCUT2D eigenvalue weighted by molar-refractivity contribution is 6.30. The molecule has 3 aromatic carbocycles. The minimum atomic E-state index is 0.744. The number of rotatable bonds is 8. The van der Waals surface area contributed by atoms with E-state index < -0.39 is 0 Å². The molecule has 4 heteroatoms. The molecule has 2 heterocycles. The third kappa shape index (κ3) is 6.70. The fourth-order valence-corrected chi connectivity index (χ4v) is 5.77. The number of likely N-dealkylation sites (tertiary alicyclic amines) is 1. The maximum Gasteiger partial charge on any atom is 0.123 e. The monoisotopic (exact) mass is 502 g/mol. The van der Waals surface area contributed by atoms with Crippen molar-refractivity contribution >= 4 is 11.6 Å². The molecule has 0 bridgehead atoms. The summed E-state index contributed by atoms with van der Waals surface area (Å²) in [7, 11) is 0. The topological polar surface area (TPSA) is 24.5 Å². The summed E-state index contributed by atoms with van der Waals surface area (Å²) in [6.45, 7) is 8.40. The summed E-state index contributed by atoms with van der Waals surface area (Å²) in [6, 6.07) is 21.8. The SMILES string of the molecule is Cc1ccccc1Cc1cc2c(cc1OCCC1CCN(Cc3ccc(Cl)cc3)CC1)CNCCC2. The lowest BCUT2D eigenvalue weighted by Gasteiger charge is -2.32. The van der Waals surface area contributed by atoms with Crippen molar-refractivity contribution < 1.29 is 4.74 Å². The highest BCUT2D eigenvalue weighted by atomic mass is 35.5. The molecule has 0 unspecified atom stereocenters. The van der Waals surface area contributed by atoms with Crippen LogP contribution in [0.4, 0.5) is 0 Å². The first-order valence-electron chi connectivity index (χ1n) is 13.6. The Hall–Kier alpha value is -2.33. The first-order chi connectivity index (χ1) is 17.6. The van der Waals surface area contributed by atoms with E-state index in [4.69, 9.17) is 16.3 Å². The van der Waals surface area contributed by atoms with Gasteiger partial charge in [-0.05, 0) is 116 Å². The van der Waals surface area contributed by atoms with Crippen LogP contribution >= 0.6 is 11.6 Å². The van der Waals surface area contributed by atoms with E-state index in [2.05, 4.69) is 65.7 Å². The highest BCUT2D eigenvalue weighted by Crippen LogP contribution is 2.30. The maximum atomic E-state index is 6.54. The van der Waals surface area contributed by atoms with Crippen molar-refractivity contribution in [2.45, 2.75) is 58.5 Å². The Labute approximate surface area is 221 Å². The number of halogens is 1. The summed E-state index contributed by atoms with van der Waals surface area (Å²) < 4.78 is 6.54. The molecule has 190 valence electrons. The lowest BCUT2D eigenvalue weighted by atomic mass is 9.93. The lowest BCUT2D eigenvalue weighted by molar-refractivity contribution is 0.157. The molecular weight excluding hydrogens is 464 g/mol. The van der Waals surface area contributed by atoms with Crippen LogP contribution in [0.2, 0.25) is 5.02 Å². The van der Waals surface area contributed by atoms with Gasteiger partial charge in [0, 0.05) is 24.5 Å². The Bertz CT molecular complexity index is 1140. The van der Waals surface area contributed by atoms with Crippen molar-refractivity contribution in [1.82, 2.24) is 10.2 Å². The predicted molar refractivity (Wildman–Crippen MR) is 150 cm³/mol. The Morgan fingerprint density at radius 2 is 1.78 bits per heavy atom. The average Bonchev–Trinajstić information content (AvgIpc) is 3.13. The van der Waals surface area contributed by atoms with Gasteiger partial charge in [-0.25, -0.2) is 0 Å². The van der Waals surface area contributed by atoms with Gasteiger partial charge in [0.25, 0.3) is 0 Å². The van der Waals surface area contributed by atoms with E-state index in [9.17, 15) is 0 Å². The molecule has 0 saturated carbocycles. The molecule has 3 aromatic rings. The van der Waals surface area contributed by atoms with Crippen LogP contribution in [-0.2, 0) is 25.9 Å². The van der Waals surface area contributed by atoms with Gasteiger partial charge in [-0.2, -0.15) is 0 Å². The van der Waals surface area contributed by atoms with Crippen LogP contribution in [0.5, 0.6) is 5.75 Å². The van der Waals surface area contributed by atoms with E-state index in [1.807, 2.05) is 12.1 Å². The second-order valence-electron chi connectivity index (χ2n) is 10.6. The molecule has 2 aliphatic rings. The van der Waals surface area contributed by atoms with Crippen LogP contribution in [-0.4, -0.2) is 31.1 Å². The standard InChI is InChI=1S/C32H39ClN2O/c1-24-5-2-3-6-27(24)19-29-20-28-7-4-15-34-22-30(28)21-32(29)36-18-14-25-12-16-35(17-13-25)23-26-8-10-31(33)11-9-26/h2-3,5-6,8-11,20-21,25,34H,4,7,12-19,22-23H2,1H3. The van der Waals surface area contributed by atoms with Gasteiger partial charge in [-0.15, -0.1) is 0 Å². The molecule has 2 aliphatic heterocycles. The molecule has 1 N–H and O–H groups in total. The first-order valence-corrected chi connectivity index (χ1v) is 14.0. The molecule has 1 saturated heterocycles. The van der Waals surface area contributed by atoms with Crippen molar-refractivity contribution in [3.63, 3.8) is 0 Å². The zero-order valence-corrected chi connectivity index (χ0v) is 22.3. The van der Waals surface area contributed by atoms with Gasteiger partial charge >= 0.3 is 0 Å². The molecule has 0 aromatic heterocycles. The third-order valence-electron chi connectivity index (χ3n) is 7.95. The lowest BCUT2D eigenvalue weighted by Crippen LogP contribution is -2.33. The number of ether oxygens (including phenoxy) is 1. The van der Waals surface area contributed by atoms with Crippen molar-refractivity contribution in [2.75, 3.05) is 26.2 Å². The molecule has 5 rings (SSSR count). The Morgan fingerprint density at radius 3 is 2.58 bits per heavy atom. The van der Waals surface area contributed by atoms with E-state index in [1.165, 1.54) is 52.6 Å². The Balaban J connectivity index is 1.19. The van der Waals surface area contributed by atoms with Crippen molar-refractivity contribution in [1.29, 1.82) is 0 Å². The second-order valence-corrected chi connectivity index (χ2v) is 11.0. The van der Waals surface area contributed by atoms with Crippen molar-refractivity contribution in [3.05, 3.63) is 99.1 Å². The molecule has 0 amide bonds. The minimum Gasteiger partial charge on any atom is -0.493 e. The second kappa shape index (κ2) is 12.3. The molecular formula is C32H39ClN2O. The van der Waals surface area contributed by atoms with E-state index in [0.29, 0.717) is 0 Å². The van der Waals surface area contributed by atoms with Crippen LogP contribution in [0, 0.1) is 12.8 Å². The molecule has 0 spiro atoms. The zero-order valence-electron chi connectivity index (χ0n) is 21.6. The molecule has 0 aliphatic carbocycles. The van der Waals surface area contributed by atoms with E-state index in [1.54, 1.807) is 0 Å². The molecule has 3 nitrogen and oxygen atoms in total. The maximum absolute atomic E-state index is 6.54. The largest absolute Gasteiger partial charge is 0.493 e. The number of piperidine rings is 1. The molecule has 0 atom stereocenters. The predicted octanol–water partition coefficient (Wildman–Crippen LogP) is 6.96. The number of fused-ring (bicyclic) bond motifs is 1. The van der Waals surface area contributed by atoms with Gasteiger partial charge in [-0.1, -0.05) is 54.1 Å². The number of aryl methyl sites for hydroxylation is 2. The number of hydrogen-bond donors (Lipinski definition) is 1. The van der Waals surface area contributed by atoms with E-state index >= 15 is 0 Å². The molecule has 0 radical (unpaired) electrons. The summed E-state index contributed by atoms with van der Waals surface area (Å²) in [5.41, 5.74) is 8.32. The fraction of sp³-hybridized carbons (Fsp3) is 0.438. The summed E-state index contributed by atoms with van der Waals surface area (Å²) in [6.07, 6.45) is 6.92. The number of nitrogens with one attached hydrogen (secondary N) is 1. The van der Waals surface area contributed by atoms with Gasteiger partial charge in [0.05, 0.1) is 6.61 Å². The smallest absolute Gasteiger partial charge is 0.123 e. The minimum absolute atomic E-state index is 0.744. The first kappa shape index (κ1) is 25.3. The number of nitrogens with zero attached hydrogens (tertiary/aromatic N) is 1. The zero-order chi connectivity index (χ0) is 24.7. The van der Waals surface area contributed by atoms with Crippen LogP contribution in [0.3, 0.4) is 0 Å². The van der Waals surface area contributed by atoms with Crippen LogP contribution in [0.15, 0.2) is 60.7 Å². The normalized spacial score (nSPS) is 16.9. The number of hydrogen-bond acceptors (Lipinski definition) is 3. The van der Waals surface area contributed by atoms with Gasteiger partial charge in [0.15, 0.2) is 0 Å². The Kier molecular flexibility index (Phi) is 8.63. The summed E-state index contributed by atoms with van der Waals surface area (Å²) in [4.78, 5) is 2.57. The third-order valence-corrected chi connectivity index (χ3v) is 8.20. The van der Waals surface area contributed by atoms with Gasteiger partial charge in [0.1, 0.15) is 5.75 Å². The van der Waals surface area contributed by atoms with Crippen LogP contribution in [0.25, 0.3) is 0 Å². The van der Waals surface area contributed by atoms with Gasteiger partial charge < -0.3 is 10.1 Å². The van der Waals surface area contributed by atoms with Crippen LogP contribution in [0.1, 0.15) is 59.1 Å².